The minimum absolute atomic E-state index is 0. The van der Waals surface area contributed by atoms with Gasteiger partial charge in [-0.15, -0.1) is 12.4 Å². The number of halogens is 3. The summed E-state index contributed by atoms with van der Waals surface area (Å²) in [7, 11) is 3.96. The average Bonchev–Trinajstić information content (AvgIpc) is 2.68. The second kappa shape index (κ2) is 10.1. The Labute approximate surface area is 177 Å². The van der Waals surface area contributed by atoms with Crippen LogP contribution in [0, 0.1) is 5.82 Å². The Hall–Kier alpha value is -1.88. The third-order valence-corrected chi connectivity index (χ3v) is 5.37. The highest BCUT2D eigenvalue weighted by atomic mass is 35.5. The maximum absolute atomic E-state index is 13.4. The highest BCUT2D eigenvalue weighted by molar-refractivity contribution is 6.30. The largest absolute Gasteiger partial charge is 0.339 e. The predicted octanol–water partition coefficient (Wildman–Crippen LogP) is 4.99. The molecular weight excluding hydrogens is 398 g/mol. The fourth-order valence-electron chi connectivity index (χ4n) is 3.36. The van der Waals surface area contributed by atoms with Crippen LogP contribution >= 0.6 is 24.0 Å². The van der Waals surface area contributed by atoms with Gasteiger partial charge in [-0.25, -0.2) is 4.39 Å². The minimum Gasteiger partial charge on any atom is -0.339 e. The van der Waals surface area contributed by atoms with E-state index < -0.39 is 0 Å². The summed E-state index contributed by atoms with van der Waals surface area (Å²) in [6, 6.07) is 13.6. The van der Waals surface area contributed by atoms with Gasteiger partial charge in [-0.1, -0.05) is 35.9 Å². The van der Waals surface area contributed by atoms with Crippen molar-refractivity contribution in [2.24, 2.45) is 0 Å². The minimum atomic E-state index is -0.319. The molecule has 2 aromatic carbocycles. The molecule has 0 aliphatic carbocycles. The molecule has 0 saturated carbocycles. The van der Waals surface area contributed by atoms with Gasteiger partial charge in [0.25, 0.3) is 5.91 Å². The lowest BCUT2D eigenvalue weighted by atomic mass is 9.98. The van der Waals surface area contributed by atoms with Crippen molar-refractivity contribution in [3.8, 4) is 0 Å². The summed E-state index contributed by atoms with van der Waals surface area (Å²) >= 11 is 5.97. The number of rotatable bonds is 4. The third-order valence-electron chi connectivity index (χ3n) is 5.12. The molecule has 1 heterocycles. The quantitative estimate of drug-likeness (QED) is 0.511. The van der Waals surface area contributed by atoms with Crippen LogP contribution in [0.25, 0.3) is 11.6 Å². The van der Waals surface area contributed by atoms with Gasteiger partial charge in [0, 0.05) is 23.7 Å². The zero-order valence-electron chi connectivity index (χ0n) is 16.1. The topological polar surface area (TPSA) is 23.6 Å². The van der Waals surface area contributed by atoms with E-state index in [0.29, 0.717) is 16.2 Å². The predicted molar refractivity (Wildman–Crippen MR) is 116 cm³/mol. The van der Waals surface area contributed by atoms with E-state index in [1.54, 1.807) is 24.3 Å². The van der Waals surface area contributed by atoms with Crippen LogP contribution in [-0.4, -0.2) is 48.9 Å². The lowest BCUT2D eigenvalue weighted by molar-refractivity contribution is -0.126. The first kappa shape index (κ1) is 22.4. The molecule has 1 aliphatic heterocycles. The van der Waals surface area contributed by atoms with Crippen molar-refractivity contribution in [2.75, 3.05) is 27.2 Å². The van der Waals surface area contributed by atoms with Crippen molar-refractivity contribution < 1.29 is 9.18 Å². The fraction of sp³-hybridized carbons (Fsp3) is 0.318. The Kier molecular flexibility index (Phi) is 8.05. The molecule has 2 aromatic rings. The number of benzene rings is 2. The van der Waals surface area contributed by atoms with Gasteiger partial charge in [0.1, 0.15) is 5.82 Å². The molecule has 1 aliphatic rings. The van der Waals surface area contributed by atoms with Crippen LogP contribution in [0.3, 0.4) is 0 Å². The average molecular weight is 423 g/mol. The van der Waals surface area contributed by atoms with E-state index >= 15 is 0 Å². The maximum atomic E-state index is 13.4. The number of likely N-dealkylation sites (tertiary alicyclic amines) is 1. The summed E-state index contributed by atoms with van der Waals surface area (Å²) in [6.07, 6.45) is 3.75. The van der Waals surface area contributed by atoms with E-state index in [2.05, 4.69) is 11.9 Å². The molecule has 0 bridgehead atoms. The Balaban J connectivity index is 0.00000280. The van der Waals surface area contributed by atoms with Crippen molar-refractivity contribution >= 4 is 41.6 Å². The number of piperidine rings is 1. The molecule has 3 rings (SSSR count). The summed E-state index contributed by atoms with van der Waals surface area (Å²) in [5, 5.41) is 0.644. The van der Waals surface area contributed by atoms with Gasteiger partial charge >= 0.3 is 0 Å². The SMILES string of the molecule is CN1CCC(N(C)C(=O)C(=Cc2ccc(Cl)cc2)c2ccc(F)cc2)CC1.Cl. The van der Waals surface area contributed by atoms with Crippen molar-refractivity contribution in [3.63, 3.8) is 0 Å². The Bertz CT molecular complexity index is 813. The molecule has 0 atom stereocenters. The summed E-state index contributed by atoms with van der Waals surface area (Å²) in [5.41, 5.74) is 2.14. The normalized spacial score (nSPS) is 15.8. The second-order valence-electron chi connectivity index (χ2n) is 7.07. The van der Waals surface area contributed by atoms with E-state index in [-0.39, 0.29) is 30.2 Å². The van der Waals surface area contributed by atoms with Gasteiger partial charge in [0.05, 0.1) is 0 Å². The van der Waals surface area contributed by atoms with Crippen LogP contribution in [0.2, 0.25) is 5.02 Å². The number of likely N-dealkylation sites (N-methyl/N-ethyl adjacent to an activating group) is 1. The molecule has 0 spiro atoms. The van der Waals surface area contributed by atoms with E-state index in [1.165, 1.54) is 12.1 Å². The van der Waals surface area contributed by atoms with Gasteiger partial charge < -0.3 is 9.80 Å². The number of nitrogens with zero attached hydrogens (tertiary/aromatic N) is 2. The van der Waals surface area contributed by atoms with E-state index in [1.807, 2.05) is 30.2 Å². The zero-order chi connectivity index (χ0) is 19.4. The Morgan fingerprint density at radius 3 is 2.25 bits per heavy atom. The second-order valence-corrected chi connectivity index (χ2v) is 7.50. The molecular formula is C22H25Cl2FN2O. The third kappa shape index (κ3) is 5.57. The lowest BCUT2D eigenvalue weighted by Gasteiger charge is -2.35. The van der Waals surface area contributed by atoms with Crippen LogP contribution in [-0.2, 0) is 4.79 Å². The van der Waals surface area contributed by atoms with Crippen LogP contribution in [0.15, 0.2) is 48.5 Å². The first-order valence-corrected chi connectivity index (χ1v) is 9.51. The fourth-order valence-corrected chi connectivity index (χ4v) is 3.49. The van der Waals surface area contributed by atoms with E-state index in [0.717, 1.165) is 31.5 Å². The van der Waals surface area contributed by atoms with E-state index in [4.69, 9.17) is 11.6 Å². The summed E-state index contributed by atoms with van der Waals surface area (Å²) < 4.78 is 13.4. The Morgan fingerprint density at radius 2 is 1.68 bits per heavy atom. The lowest BCUT2D eigenvalue weighted by Crippen LogP contribution is -2.44. The van der Waals surface area contributed by atoms with Crippen molar-refractivity contribution in [1.29, 1.82) is 0 Å². The van der Waals surface area contributed by atoms with Gasteiger partial charge in [-0.2, -0.15) is 0 Å². The smallest absolute Gasteiger partial charge is 0.254 e. The zero-order valence-corrected chi connectivity index (χ0v) is 17.6. The van der Waals surface area contributed by atoms with Crippen molar-refractivity contribution in [3.05, 3.63) is 70.5 Å². The number of hydrogen-bond acceptors (Lipinski definition) is 2. The molecule has 1 fully saturated rings. The highest BCUT2D eigenvalue weighted by Crippen LogP contribution is 2.25. The molecule has 150 valence electrons. The molecule has 0 unspecified atom stereocenters. The monoisotopic (exact) mass is 422 g/mol. The standard InChI is InChI=1S/C22H24ClFN2O.ClH/c1-25-13-11-20(12-14-25)26(2)22(27)21(17-5-9-19(24)10-6-17)15-16-3-7-18(23)8-4-16;/h3-10,15,20H,11-14H2,1-2H3;1H. The molecule has 1 saturated heterocycles. The number of carbonyl (C=O) groups is 1. The number of amides is 1. The highest BCUT2D eigenvalue weighted by Gasteiger charge is 2.26. The van der Waals surface area contributed by atoms with E-state index in [9.17, 15) is 9.18 Å². The molecule has 0 N–H and O–H groups in total. The van der Waals surface area contributed by atoms with Crippen molar-refractivity contribution in [2.45, 2.75) is 18.9 Å². The van der Waals surface area contributed by atoms with Gasteiger partial charge in [-0.3, -0.25) is 4.79 Å². The first-order valence-electron chi connectivity index (χ1n) is 9.13. The van der Waals surface area contributed by atoms with Gasteiger partial charge in [0.2, 0.25) is 0 Å². The number of carbonyl (C=O) groups excluding carboxylic acids is 1. The van der Waals surface area contributed by atoms with Crippen LogP contribution < -0.4 is 0 Å². The maximum Gasteiger partial charge on any atom is 0.254 e. The van der Waals surface area contributed by atoms with Crippen LogP contribution in [0.1, 0.15) is 24.0 Å². The van der Waals surface area contributed by atoms with Gasteiger partial charge in [-0.05, 0) is 74.4 Å². The molecule has 0 radical (unpaired) electrons. The molecule has 1 amide bonds. The number of hydrogen-bond donors (Lipinski definition) is 0. The molecule has 3 nitrogen and oxygen atoms in total. The molecule has 6 heteroatoms. The summed E-state index contributed by atoms with van der Waals surface area (Å²) in [6.45, 7) is 1.96. The molecule has 28 heavy (non-hydrogen) atoms. The molecule has 0 aromatic heterocycles. The Morgan fingerprint density at radius 1 is 1.11 bits per heavy atom. The van der Waals surface area contributed by atoms with Crippen molar-refractivity contribution in [1.82, 2.24) is 9.80 Å². The summed E-state index contributed by atoms with van der Waals surface area (Å²) in [4.78, 5) is 17.4. The summed E-state index contributed by atoms with van der Waals surface area (Å²) in [5.74, 6) is -0.369. The van der Waals surface area contributed by atoms with Gasteiger partial charge in [0.15, 0.2) is 0 Å². The first-order chi connectivity index (χ1) is 12.9. The van der Waals surface area contributed by atoms with Crippen LogP contribution in [0.4, 0.5) is 4.39 Å². The van der Waals surface area contributed by atoms with Crippen LogP contribution in [0.5, 0.6) is 0 Å².